The molecule has 1 saturated heterocycles. The van der Waals surface area contributed by atoms with Crippen molar-refractivity contribution in [1.82, 2.24) is 10.2 Å². The third-order valence-corrected chi connectivity index (χ3v) is 3.56. The molecule has 1 heterocycles. The van der Waals surface area contributed by atoms with Gasteiger partial charge in [-0.15, -0.1) is 0 Å². The van der Waals surface area contributed by atoms with Gasteiger partial charge in [0.25, 0.3) is 0 Å². The van der Waals surface area contributed by atoms with Crippen LogP contribution in [0.5, 0.6) is 0 Å². The molecule has 0 spiro atoms. The van der Waals surface area contributed by atoms with E-state index in [9.17, 15) is 5.11 Å². The van der Waals surface area contributed by atoms with E-state index in [2.05, 4.69) is 31.0 Å². The van der Waals surface area contributed by atoms with Crippen LogP contribution in [0, 0.1) is 5.92 Å². The Balaban J connectivity index is 2.35. The maximum atomic E-state index is 10.4. The van der Waals surface area contributed by atoms with Gasteiger partial charge in [-0.2, -0.15) is 0 Å². The van der Waals surface area contributed by atoms with Gasteiger partial charge in [-0.1, -0.05) is 20.8 Å². The number of nitrogens with one attached hydrogen (secondary N) is 1. The van der Waals surface area contributed by atoms with Crippen LogP contribution in [0.3, 0.4) is 0 Å². The van der Waals surface area contributed by atoms with E-state index in [1.807, 2.05) is 6.92 Å². The molecule has 3 heteroatoms. The molecule has 0 aromatic heterocycles. The molecule has 2 atom stereocenters. The molecule has 0 aromatic rings. The number of nitrogens with zero attached hydrogens (tertiary/aromatic N) is 1. The highest BCUT2D eigenvalue weighted by Crippen LogP contribution is 2.18. The third kappa shape index (κ3) is 6.39. The molecule has 0 aliphatic carbocycles. The summed E-state index contributed by atoms with van der Waals surface area (Å²) in [4.78, 5) is 2.42. The van der Waals surface area contributed by atoms with Crippen molar-refractivity contribution in [2.75, 3.05) is 26.2 Å². The summed E-state index contributed by atoms with van der Waals surface area (Å²) in [7, 11) is 0. The van der Waals surface area contributed by atoms with E-state index in [1.165, 1.54) is 19.3 Å². The number of hydrogen-bond acceptors (Lipinski definition) is 3. The zero-order chi connectivity index (χ0) is 12.9. The van der Waals surface area contributed by atoms with Gasteiger partial charge in [0, 0.05) is 19.1 Å². The second-order valence-corrected chi connectivity index (χ2v) is 6.34. The van der Waals surface area contributed by atoms with Gasteiger partial charge in [0.1, 0.15) is 0 Å². The van der Waals surface area contributed by atoms with Gasteiger partial charge in [-0.05, 0) is 45.2 Å². The van der Waals surface area contributed by atoms with E-state index >= 15 is 0 Å². The second-order valence-electron chi connectivity index (χ2n) is 6.34. The van der Waals surface area contributed by atoms with Crippen molar-refractivity contribution in [2.45, 2.75) is 58.6 Å². The lowest BCUT2D eigenvalue weighted by Crippen LogP contribution is -2.49. The summed E-state index contributed by atoms with van der Waals surface area (Å²) in [5.74, 6) is 0.846. The second kappa shape index (κ2) is 6.72. The predicted octanol–water partition coefficient (Wildman–Crippen LogP) is 1.86. The number of hydrogen-bond donors (Lipinski definition) is 2. The molecule has 2 unspecified atom stereocenters. The van der Waals surface area contributed by atoms with Gasteiger partial charge in [-0.25, -0.2) is 0 Å². The first kappa shape index (κ1) is 14.9. The van der Waals surface area contributed by atoms with Crippen LogP contribution >= 0.6 is 0 Å². The first-order chi connectivity index (χ1) is 7.89. The van der Waals surface area contributed by atoms with E-state index in [1.54, 1.807) is 0 Å². The van der Waals surface area contributed by atoms with Crippen LogP contribution in [0.15, 0.2) is 0 Å². The average molecular weight is 242 g/mol. The van der Waals surface area contributed by atoms with Crippen LogP contribution in [0.2, 0.25) is 0 Å². The first-order valence-electron chi connectivity index (χ1n) is 7.07. The normalized spacial score (nSPS) is 26.8. The number of aliphatic hydroxyl groups is 1. The fourth-order valence-electron chi connectivity index (χ4n) is 2.44. The molecule has 0 radical (unpaired) electrons. The SMILES string of the molecule is CC1CCCN(CC(C)(O)CNC(C)C)CC1. The summed E-state index contributed by atoms with van der Waals surface area (Å²) in [6.07, 6.45) is 3.88. The third-order valence-electron chi connectivity index (χ3n) is 3.56. The maximum Gasteiger partial charge on any atom is 0.0869 e. The Morgan fingerprint density at radius 1 is 1.35 bits per heavy atom. The van der Waals surface area contributed by atoms with Crippen molar-refractivity contribution in [3.05, 3.63) is 0 Å². The molecule has 102 valence electrons. The van der Waals surface area contributed by atoms with Crippen LogP contribution in [0.1, 0.15) is 47.0 Å². The molecule has 0 bridgehead atoms. The fraction of sp³-hybridized carbons (Fsp3) is 1.00. The Morgan fingerprint density at radius 2 is 2.06 bits per heavy atom. The number of β-amino-alcohol motifs (C(OH)–C–C–N with tert-alkyl or cyclic N) is 1. The number of rotatable bonds is 5. The Morgan fingerprint density at radius 3 is 2.71 bits per heavy atom. The maximum absolute atomic E-state index is 10.4. The molecule has 0 aromatic carbocycles. The standard InChI is InChI=1S/C14H30N2O/c1-12(2)15-10-14(4,17)11-16-8-5-6-13(3)7-9-16/h12-13,15,17H,5-11H2,1-4H3. The highest BCUT2D eigenvalue weighted by Gasteiger charge is 2.25. The summed E-state index contributed by atoms with van der Waals surface area (Å²) < 4.78 is 0. The summed E-state index contributed by atoms with van der Waals surface area (Å²) in [5, 5.41) is 13.7. The van der Waals surface area contributed by atoms with Crippen molar-refractivity contribution in [1.29, 1.82) is 0 Å². The molecule has 1 aliphatic rings. The van der Waals surface area contributed by atoms with E-state index in [0.717, 1.165) is 25.6 Å². The molecule has 1 aliphatic heterocycles. The summed E-state index contributed by atoms with van der Waals surface area (Å²) >= 11 is 0. The van der Waals surface area contributed by atoms with Gasteiger partial charge < -0.3 is 15.3 Å². The minimum Gasteiger partial charge on any atom is -0.388 e. The predicted molar refractivity (Wildman–Crippen MR) is 73.2 cm³/mol. The zero-order valence-corrected chi connectivity index (χ0v) is 12.0. The molecule has 2 N–H and O–H groups in total. The van der Waals surface area contributed by atoms with Crippen LogP contribution in [-0.2, 0) is 0 Å². The average Bonchev–Trinajstić information content (AvgIpc) is 2.41. The molecular formula is C14H30N2O. The highest BCUT2D eigenvalue weighted by atomic mass is 16.3. The Hall–Kier alpha value is -0.120. The van der Waals surface area contributed by atoms with Crippen molar-refractivity contribution < 1.29 is 5.11 Å². The van der Waals surface area contributed by atoms with Crippen LogP contribution in [0.25, 0.3) is 0 Å². The van der Waals surface area contributed by atoms with Crippen molar-refractivity contribution in [3.8, 4) is 0 Å². The summed E-state index contributed by atoms with van der Waals surface area (Å²) in [6, 6.07) is 0.436. The minimum atomic E-state index is -0.613. The van der Waals surface area contributed by atoms with Crippen LogP contribution in [-0.4, -0.2) is 47.8 Å². The lowest BCUT2D eigenvalue weighted by molar-refractivity contribution is 0.0194. The number of likely N-dealkylation sites (tertiary alicyclic amines) is 1. The van der Waals surface area contributed by atoms with Crippen molar-refractivity contribution in [3.63, 3.8) is 0 Å². The topological polar surface area (TPSA) is 35.5 Å². The first-order valence-corrected chi connectivity index (χ1v) is 7.07. The van der Waals surface area contributed by atoms with Gasteiger partial charge in [0.15, 0.2) is 0 Å². The van der Waals surface area contributed by atoms with E-state index in [-0.39, 0.29) is 0 Å². The smallest absolute Gasteiger partial charge is 0.0869 e. The van der Waals surface area contributed by atoms with E-state index in [0.29, 0.717) is 12.6 Å². The Bertz CT molecular complexity index is 216. The van der Waals surface area contributed by atoms with Crippen LogP contribution < -0.4 is 5.32 Å². The Kier molecular flexibility index (Phi) is 5.90. The molecule has 0 amide bonds. The fourth-order valence-corrected chi connectivity index (χ4v) is 2.44. The molecule has 3 nitrogen and oxygen atoms in total. The van der Waals surface area contributed by atoms with Crippen molar-refractivity contribution in [2.24, 2.45) is 5.92 Å². The van der Waals surface area contributed by atoms with Crippen LogP contribution in [0.4, 0.5) is 0 Å². The zero-order valence-electron chi connectivity index (χ0n) is 12.0. The molecular weight excluding hydrogens is 212 g/mol. The van der Waals surface area contributed by atoms with Crippen molar-refractivity contribution >= 4 is 0 Å². The van der Waals surface area contributed by atoms with Gasteiger partial charge >= 0.3 is 0 Å². The minimum absolute atomic E-state index is 0.436. The quantitative estimate of drug-likeness (QED) is 0.772. The molecule has 1 rings (SSSR count). The van der Waals surface area contributed by atoms with Gasteiger partial charge in [0.05, 0.1) is 5.60 Å². The highest BCUT2D eigenvalue weighted by molar-refractivity contribution is 4.82. The molecule has 1 fully saturated rings. The van der Waals surface area contributed by atoms with Gasteiger partial charge in [0.2, 0.25) is 0 Å². The molecule has 0 saturated carbocycles. The lowest BCUT2D eigenvalue weighted by Gasteiger charge is -2.31. The summed E-state index contributed by atoms with van der Waals surface area (Å²) in [5.41, 5.74) is -0.613. The largest absolute Gasteiger partial charge is 0.388 e. The van der Waals surface area contributed by atoms with E-state index in [4.69, 9.17) is 0 Å². The summed E-state index contributed by atoms with van der Waals surface area (Å²) in [6.45, 7) is 12.3. The monoisotopic (exact) mass is 242 g/mol. The lowest BCUT2D eigenvalue weighted by atomic mass is 10.0. The molecule has 17 heavy (non-hydrogen) atoms. The Labute approximate surface area is 107 Å². The van der Waals surface area contributed by atoms with Gasteiger partial charge in [-0.3, -0.25) is 0 Å². The van der Waals surface area contributed by atoms with E-state index < -0.39 is 5.60 Å².